The van der Waals surface area contributed by atoms with E-state index in [9.17, 15) is 4.79 Å². The van der Waals surface area contributed by atoms with E-state index in [4.69, 9.17) is 4.74 Å². The fourth-order valence-corrected chi connectivity index (χ4v) is 3.16. The first-order valence-corrected chi connectivity index (χ1v) is 8.34. The number of ether oxygens (including phenoxy) is 1. The van der Waals surface area contributed by atoms with Gasteiger partial charge in [0.1, 0.15) is 5.75 Å². The standard InChI is InChI=1S/C20H23NO2/c22-16-18-6-4-5-9-20(18)23-15-12-17-10-13-21(14-11-17)19-7-2-1-3-8-19/h1-9,16-17H,10-15H2. The predicted molar refractivity (Wildman–Crippen MR) is 93.3 cm³/mol. The van der Waals surface area contributed by atoms with Crippen LogP contribution < -0.4 is 9.64 Å². The number of hydrogen-bond acceptors (Lipinski definition) is 3. The Morgan fingerprint density at radius 3 is 2.43 bits per heavy atom. The third kappa shape index (κ3) is 4.13. The number of para-hydroxylation sites is 2. The first kappa shape index (κ1) is 15.6. The Kier molecular flexibility index (Phi) is 5.30. The smallest absolute Gasteiger partial charge is 0.153 e. The van der Waals surface area contributed by atoms with Gasteiger partial charge in [0.25, 0.3) is 0 Å². The van der Waals surface area contributed by atoms with Crippen LogP contribution in [0, 0.1) is 5.92 Å². The molecule has 1 aliphatic rings. The number of benzene rings is 2. The highest BCUT2D eigenvalue weighted by molar-refractivity contribution is 5.79. The van der Waals surface area contributed by atoms with Gasteiger partial charge in [0.2, 0.25) is 0 Å². The molecule has 1 heterocycles. The molecule has 3 heteroatoms. The SMILES string of the molecule is O=Cc1ccccc1OCCC1CCN(c2ccccc2)CC1. The highest BCUT2D eigenvalue weighted by Gasteiger charge is 2.19. The molecule has 0 amide bonds. The lowest BCUT2D eigenvalue weighted by Gasteiger charge is -2.33. The van der Waals surface area contributed by atoms with E-state index in [1.54, 1.807) is 6.07 Å². The second-order valence-electron chi connectivity index (χ2n) is 6.06. The summed E-state index contributed by atoms with van der Waals surface area (Å²) in [5.41, 5.74) is 1.95. The molecule has 0 radical (unpaired) electrons. The van der Waals surface area contributed by atoms with Gasteiger partial charge in [0, 0.05) is 18.8 Å². The van der Waals surface area contributed by atoms with Crippen LogP contribution in [0.15, 0.2) is 54.6 Å². The van der Waals surface area contributed by atoms with Gasteiger partial charge in [-0.1, -0.05) is 30.3 Å². The summed E-state index contributed by atoms with van der Waals surface area (Å²) in [4.78, 5) is 13.4. The molecule has 0 unspecified atom stereocenters. The summed E-state index contributed by atoms with van der Waals surface area (Å²) in [7, 11) is 0. The molecule has 3 rings (SSSR count). The van der Waals surface area contributed by atoms with Gasteiger partial charge in [-0.3, -0.25) is 4.79 Å². The van der Waals surface area contributed by atoms with Crippen LogP contribution in [-0.2, 0) is 0 Å². The number of carbonyl (C=O) groups is 1. The zero-order valence-corrected chi connectivity index (χ0v) is 13.4. The van der Waals surface area contributed by atoms with Crippen LogP contribution in [0.4, 0.5) is 5.69 Å². The predicted octanol–water partition coefficient (Wildman–Crippen LogP) is 4.18. The van der Waals surface area contributed by atoms with E-state index in [-0.39, 0.29) is 0 Å². The van der Waals surface area contributed by atoms with Gasteiger partial charge in [-0.25, -0.2) is 0 Å². The molecule has 0 saturated carbocycles. The molecule has 2 aromatic carbocycles. The molecular weight excluding hydrogens is 286 g/mol. The summed E-state index contributed by atoms with van der Waals surface area (Å²) in [6.07, 6.45) is 4.31. The summed E-state index contributed by atoms with van der Waals surface area (Å²) < 4.78 is 5.80. The van der Waals surface area contributed by atoms with Crippen LogP contribution in [-0.4, -0.2) is 26.0 Å². The summed E-state index contributed by atoms with van der Waals surface area (Å²) in [5.74, 6) is 1.41. The molecule has 23 heavy (non-hydrogen) atoms. The molecule has 0 aliphatic carbocycles. The zero-order chi connectivity index (χ0) is 15.9. The maximum absolute atomic E-state index is 11.0. The first-order chi connectivity index (χ1) is 11.4. The van der Waals surface area contributed by atoms with E-state index in [1.165, 1.54) is 18.5 Å². The van der Waals surface area contributed by atoms with Crippen molar-refractivity contribution in [3.8, 4) is 5.75 Å². The van der Waals surface area contributed by atoms with Gasteiger partial charge in [-0.05, 0) is 49.4 Å². The molecule has 120 valence electrons. The van der Waals surface area contributed by atoms with E-state index in [2.05, 4.69) is 35.2 Å². The molecule has 2 aromatic rings. The molecule has 0 atom stereocenters. The third-order valence-electron chi connectivity index (χ3n) is 4.57. The lowest BCUT2D eigenvalue weighted by Crippen LogP contribution is -2.34. The summed E-state index contributed by atoms with van der Waals surface area (Å²) >= 11 is 0. The van der Waals surface area contributed by atoms with Gasteiger partial charge in [0.15, 0.2) is 6.29 Å². The summed E-state index contributed by atoms with van der Waals surface area (Å²) in [6.45, 7) is 2.90. The van der Waals surface area contributed by atoms with Gasteiger partial charge in [0.05, 0.1) is 12.2 Å². The Morgan fingerprint density at radius 2 is 1.70 bits per heavy atom. The Balaban J connectivity index is 1.44. The number of anilines is 1. The normalized spacial score (nSPS) is 15.4. The monoisotopic (exact) mass is 309 g/mol. The number of aldehydes is 1. The van der Waals surface area contributed by atoms with E-state index < -0.39 is 0 Å². The molecule has 0 bridgehead atoms. The fraction of sp³-hybridized carbons (Fsp3) is 0.350. The lowest BCUT2D eigenvalue weighted by atomic mass is 9.93. The number of piperidine rings is 1. The van der Waals surface area contributed by atoms with Gasteiger partial charge in [-0.15, -0.1) is 0 Å². The minimum absolute atomic E-state index is 0.631. The van der Waals surface area contributed by atoms with Gasteiger partial charge >= 0.3 is 0 Å². The highest BCUT2D eigenvalue weighted by Crippen LogP contribution is 2.25. The lowest BCUT2D eigenvalue weighted by molar-refractivity contribution is 0.111. The van der Waals surface area contributed by atoms with Gasteiger partial charge < -0.3 is 9.64 Å². The molecule has 0 spiro atoms. The number of rotatable bonds is 6. The second kappa shape index (κ2) is 7.82. The largest absolute Gasteiger partial charge is 0.493 e. The van der Waals surface area contributed by atoms with Crippen molar-refractivity contribution < 1.29 is 9.53 Å². The van der Waals surface area contributed by atoms with Crippen molar-refractivity contribution in [3.63, 3.8) is 0 Å². The van der Waals surface area contributed by atoms with Crippen LogP contribution in [0.5, 0.6) is 5.75 Å². The average Bonchev–Trinajstić information content (AvgIpc) is 2.63. The van der Waals surface area contributed by atoms with E-state index in [1.807, 2.05) is 18.2 Å². The second-order valence-corrected chi connectivity index (χ2v) is 6.06. The third-order valence-corrected chi connectivity index (χ3v) is 4.57. The van der Waals surface area contributed by atoms with Crippen LogP contribution >= 0.6 is 0 Å². The van der Waals surface area contributed by atoms with Crippen molar-refractivity contribution in [1.29, 1.82) is 0 Å². The van der Waals surface area contributed by atoms with E-state index in [0.29, 0.717) is 23.8 Å². The van der Waals surface area contributed by atoms with Gasteiger partial charge in [-0.2, -0.15) is 0 Å². The minimum Gasteiger partial charge on any atom is -0.493 e. The molecule has 1 aliphatic heterocycles. The molecule has 1 fully saturated rings. The quantitative estimate of drug-likeness (QED) is 0.750. The van der Waals surface area contributed by atoms with Crippen LogP contribution in [0.1, 0.15) is 29.6 Å². The molecule has 0 aromatic heterocycles. The highest BCUT2D eigenvalue weighted by atomic mass is 16.5. The van der Waals surface area contributed by atoms with E-state index >= 15 is 0 Å². The number of hydrogen-bond donors (Lipinski definition) is 0. The number of carbonyl (C=O) groups excluding carboxylic acids is 1. The summed E-state index contributed by atoms with van der Waals surface area (Å²) in [5, 5.41) is 0. The Labute approximate surface area is 137 Å². The van der Waals surface area contributed by atoms with Crippen LogP contribution in [0.25, 0.3) is 0 Å². The van der Waals surface area contributed by atoms with Crippen molar-refractivity contribution >= 4 is 12.0 Å². The Morgan fingerprint density at radius 1 is 1.00 bits per heavy atom. The van der Waals surface area contributed by atoms with Crippen molar-refractivity contribution in [1.82, 2.24) is 0 Å². The molecule has 3 nitrogen and oxygen atoms in total. The Hall–Kier alpha value is -2.29. The van der Waals surface area contributed by atoms with Crippen molar-refractivity contribution in [2.24, 2.45) is 5.92 Å². The average molecular weight is 309 g/mol. The molecule has 1 saturated heterocycles. The van der Waals surface area contributed by atoms with Crippen molar-refractivity contribution in [3.05, 3.63) is 60.2 Å². The molecular formula is C20H23NO2. The van der Waals surface area contributed by atoms with Crippen LogP contribution in [0.3, 0.4) is 0 Å². The first-order valence-electron chi connectivity index (χ1n) is 8.34. The fourth-order valence-electron chi connectivity index (χ4n) is 3.16. The minimum atomic E-state index is 0.631. The van der Waals surface area contributed by atoms with E-state index in [0.717, 1.165) is 25.8 Å². The summed E-state index contributed by atoms with van der Waals surface area (Å²) in [6, 6.07) is 18.0. The molecule has 0 N–H and O–H groups in total. The van der Waals surface area contributed by atoms with Crippen molar-refractivity contribution in [2.75, 3.05) is 24.6 Å². The maximum Gasteiger partial charge on any atom is 0.153 e. The van der Waals surface area contributed by atoms with Crippen LogP contribution in [0.2, 0.25) is 0 Å². The maximum atomic E-state index is 11.0. The topological polar surface area (TPSA) is 29.5 Å². The number of nitrogens with zero attached hydrogens (tertiary/aromatic N) is 1. The Bertz CT molecular complexity index is 619. The van der Waals surface area contributed by atoms with Crippen molar-refractivity contribution in [2.45, 2.75) is 19.3 Å². The zero-order valence-electron chi connectivity index (χ0n) is 13.4.